The molecule has 0 spiro atoms. The van der Waals surface area contributed by atoms with Crippen molar-refractivity contribution in [1.29, 1.82) is 5.26 Å². The van der Waals surface area contributed by atoms with Crippen molar-refractivity contribution in [2.75, 3.05) is 13.1 Å². The number of amides is 1. The largest absolute Gasteiger partial charge is 0.356 e. The van der Waals surface area contributed by atoms with Gasteiger partial charge in [-0.3, -0.25) is 4.79 Å². The SMILES string of the molecule is N#CCCCNC(=O)C1CCCCC1CN. The topological polar surface area (TPSA) is 78.9 Å². The van der Waals surface area contributed by atoms with Gasteiger partial charge in [-0.15, -0.1) is 0 Å². The van der Waals surface area contributed by atoms with Crippen LogP contribution in [-0.4, -0.2) is 19.0 Å². The minimum Gasteiger partial charge on any atom is -0.356 e. The van der Waals surface area contributed by atoms with Crippen LogP contribution in [0, 0.1) is 23.2 Å². The van der Waals surface area contributed by atoms with E-state index in [1.54, 1.807) is 0 Å². The molecule has 0 aliphatic heterocycles. The zero-order valence-corrected chi connectivity index (χ0v) is 9.74. The minimum atomic E-state index is 0.0980. The average molecular weight is 223 g/mol. The number of unbranched alkanes of at least 4 members (excludes halogenated alkanes) is 1. The third kappa shape index (κ3) is 3.82. The first-order valence-corrected chi connectivity index (χ1v) is 6.14. The van der Waals surface area contributed by atoms with Gasteiger partial charge in [0.25, 0.3) is 0 Å². The highest BCUT2D eigenvalue weighted by molar-refractivity contribution is 5.79. The van der Waals surface area contributed by atoms with Crippen molar-refractivity contribution in [3.63, 3.8) is 0 Å². The Balaban J connectivity index is 2.30. The number of nitrogens with two attached hydrogens (primary N) is 1. The molecule has 4 heteroatoms. The fourth-order valence-corrected chi connectivity index (χ4v) is 2.35. The molecule has 1 saturated carbocycles. The summed E-state index contributed by atoms with van der Waals surface area (Å²) in [6.45, 7) is 1.22. The molecule has 16 heavy (non-hydrogen) atoms. The lowest BCUT2D eigenvalue weighted by Gasteiger charge is -2.29. The standard InChI is InChI=1S/C12H21N3O/c13-7-3-4-8-15-12(16)11-6-2-1-5-10(11)9-14/h10-11H,1-6,8-9,14H2,(H,15,16). The van der Waals surface area contributed by atoms with Gasteiger partial charge in [-0.1, -0.05) is 12.8 Å². The average Bonchev–Trinajstić information content (AvgIpc) is 2.34. The molecular formula is C12H21N3O. The Labute approximate surface area is 97.2 Å². The Kier molecular flexibility index (Phi) is 5.87. The van der Waals surface area contributed by atoms with Gasteiger partial charge in [-0.25, -0.2) is 0 Å². The second-order valence-electron chi connectivity index (χ2n) is 4.44. The molecule has 1 rings (SSSR count). The first-order chi connectivity index (χ1) is 7.79. The van der Waals surface area contributed by atoms with Crippen molar-refractivity contribution in [3.8, 4) is 6.07 Å². The molecule has 0 aromatic heterocycles. The quantitative estimate of drug-likeness (QED) is 0.687. The van der Waals surface area contributed by atoms with Crippen LogP contribution in [0.25, 0.3) is 0 Å². The van der Waals surface area contributed by atoms with E-state index in [-0.39, 0.29) is 11.8 Å². The lowest BCUT2D eigenvalue weighted by atomic mass is 9.79. The van der Waals surface area contributed by atoms with Gasteiger partial charge >= 0.3 is 0 Å². The lowest BCUT2D eigenvalue weighted by molar-refractivity contribution is -0.127. The summed E-state index contributed by atoms with van der Waals surface area (Å²) in [5, 5.41) is 11.3. The van der Waals surface area contributed by atoms with Crippen molar-refractivity contribution in [3.05, 3.63) is 0 Å². The van der Waals surface area contributed by atoms with Gasteiger partial charge in [-0.05, 0) is 31.7 Å². The summed E-state index contributed by atoms with van der Waals surface area (Å²) in [5.74, 6) is 0.582. The number of nitrogens with one attached hydrogen (secondary N) is 1. The molecule has 0 radical (unpaired) electrons. The Hall–Kier alpha value is -1.08. The second kappa shape index (κ2) is 7.24. The highest BCUT2D eigenvalue weighted by atomic mass is 16.1. The van der Waals surface area contributed by atoms with Crippen molar-refractivity contribution < 1.29 is 4.79 Å². The van der Waals surface area contributed by atoms with Crippen LogP contribution in [0.5, 0.6) is 0 Å². The molecule has 2 atom stereocenters. The first-order valence-electron chi connectivity index (χ1n) is 6.14. The van der Waals surface area contributed by atoms with Crippen molar-refractivity contribution >= 4 is 5.91 Å². The molecular weight excluding hydrogens is 202 g/mol. The molecule has 0 bridgehead atoms. The van der Waals surface area contributed by atoms with E-state index in [0.717, 1.165) is 25.7 Å². The molecule has 0 aromatic carbocycles. The second-order valence-corrected chi connectivity index (χ2v) is 4.44. The van der Waals surface area contributed by atoms with Gasteiger partial charge in [0.1, 0.15) is 0 Å². The van der Waals surface area contributed by atoms with Gasteiger partial charge in [0, 0.05) is 18.9 Å². The number of hydrogen-bond acceptors (Lipinski definition) is 3. The van der Waals surface area contributed by atoms with E-state index >= 15 is 0 Å². The maximum absolute atomic E-state index is 11.9. The Morgan fingerprint density at radius 2 is 2.19 bits per heavy atom. The smallest absolute Gasteiger partial charge is 0.223 e. The number of carbonyl (C=O) groups is 1. The van der Waals surface area contributed by atoms with Crippen LogP contribution >= 0.6 is 0 Å². The van der Waals surface area contributed by atoms with Gasteiger partial charge < -0.3 is 11.1 Å². The predicted molar refractivity (Wildman–Crippen MR) is 62.4 cm³/mol. The number of nitriles is 1. The van der Waals surface area contributed by atoms with Crippen LogP contribution < -0.4 is 11.1 Å². The van der Waals surface area contributed by atoms with Crippen LogP contribution in [0.2, 0.25) is 0 Å². The van der Waals surface area contributed by atoms with Gasteiger partial charge in [0.05, 0.1) is 6.07 Å². The molecule has 3 N–H and O–H groups in total. The molecule has 1 aliphatic rings. The van der Waals surface area contributed by atoms with E-state index in [4.69, 9.17) is 11.0 Å². The summed E-state index contributed by atoms with van der Waals surface area (Å²) in [6.07, 6.45) is 5.61. The Morgan fingerprint density at radius 1 is 1.44 bits per heavy atom. The summed E-state index contributed by atoms with van der Waals surface area (Å²) in [5.41, 5.74) is 5.68. The Morgan fingerprint density at radius 3 is 2.88 bits per heavy atom. The summed E-state index contributed by atoms with van der Waals surface area (Å²) < 4.78 is 0. The van der Waals surface area contributed by atoms with Crippen LogP contribution in [-0.2, 0) is 4.79 Å². The molecule has 0 saturated heterocycles. The maximum Gasteiger partial charge on any atom is 0.223 e. The normalized spacial score (nSPS) is 24.8. The fraction of sp³-hybridized carbons (Fsp3) is 0.833. The summed E-state index contributed by atoms with van der Waals surface area (Å²) >= 11 is 0. The number of nitrogens with zero attached hydrogens (tertiary/aromatic N) is 1. The molecule has 1 aliphatic carbocycles. The minimum absolute atomic E-state index is 0.0980. The lowest BCUT2D eigenvalue weighted by Crippen LogP contribution is -2.39. The number of hydrogen-bond donors (Lipinski definition) is 2. The molecule has 0 aromatic rings. The maximum atomic E-state index is 11.9. The van der Waals surface area contributed by atoms with Crippen LogP contribution in [0.3, 0.4) is 0 Å². The van der Waals surface area contributed by atoms with Crippen LogP contribution in [0.4, 0.5) is 0 Å². The zero-order valence-electron chi connectivity index (χ0n) is 9.74. The van der Waals surface area contributed by atoms with Crippen LogP contribution in [0.15, 0.2) is 0 Å². The van der Waals surface area contributed by atoms with Crippen molar-refractivity contribution in [1.82, 2.24) is 5.32 Å². The van der Waals surface area contributed by atoms with E-state index < -0.39 is 0 Å². The molecule has 1 fully saturated rings. The highest BCUT2D eigenvalue weighted by Crippen LogP contribution is 2.29. The summed E-state index contributed by atoms with van der Waals surface area (Å²) in [7, 11) is 0. The predicted octanol–water partition coefficient (Wildman–Crippen LogP) is 1.17. The van der Waals surface area contributed by atoms with Crippen LogP contribution in [0.1, 0.15) is 38.5 Å². The Bertz CT molecular complexity index is 259. The van der Waals surface area contributed by atoms with E-state index in [1.165, 1.54) is 6.42 Å². The van der Waals surface area contributed by atoms with Gasteiger partial charge in [0.15, 0.2) is 0 Å². The zero-order chi connectivity index (χ0) is 11.8. The molecule has 90 valence electrons. The van der Waals surface area contributed by atoms with E-state index in [9.17, 15) is 4.79 Å². The van der Waals surface area contributed by atoms with E-state index in [0.29, 0.717) is 25.4 Å². The molecule has 1 amide bonds. The van der Waals surface area contributed by atoms with Crippen molar-refractivity contribution in [2.45, 2.75) is 38.5 Å². The van der Waals surface area contributed by atoms with Crippen molar-refractivity contribution in [2.24, 2.45) is 17.6 Å². The number of rotatable bonds is 5. The van der Waals surface area contributed by atoms with E-state index in [2.05, 4.69) is 11.4 Å². The highest BCUT2D eigenvalue weighted by Gasteiger charge is 2.29. The summed E-state index contributed by atoms with van der Waals surface area (Å²) in [4.78, 5) is 11.9. The summed E-state index contributed by atoms with van der Waals surface area (Å²) in [6, 6.07) is 2.07. The monoisotopic (exact) mass is 223 g/mol. The molecule has 0 heterocycles. The van der Waals surface area contributed by atoms with E-state index in [1.807, 2.05) is 0 Å². The van der Waals surface area contributed by atoms with Gasteiger partial charge in [0.2, 0.25) is 5.91 Å². The third-order valence-electron chi connectivity index (χ3n) is 3.31. The third-order valence-corrected chi connectivity index (χ3v) is 3.31. The molecule has 2 unspecified atom stereocenters. The molecule has 4 nitrogen and oxygen atoms in total. The van der Waals surface area contributed by atoms with Gasteiger partial charge in [-0.2, -0.15) is 5.26 Å². The fourth-order valence-electron chi connectivity index (χ4n) is 2.35. The number of carbonyl (C=O) groups excluding carboxylic acids is 1. The first kappa shape index (κ1) is 13.0.